The summed E-state index contributed by atoms with van der Waals surface area (Å²) in [5.74, 6) is -0.991. The molecule has 1 aromatic rings. The van der Waals surface area contributed by atoms with Crippen molar-refractivity contribution in [3.05, 3.63) is 28.3 Å². The van der Waals surface area contributed by atoms with Crippen LogP contribution in [0.3, 0.4) is 0 Å². The highest BCUT2D eigenvalue weighted by Gasteiger charge is 2.09. The van der Waals surface area contributed by atoms with Crippen LogP contribution in [-0.4, -0.2) is 11.1 Å². The lowest BCUT2D eigenvalue weighted by atomic mass is 10.1. The van der Waals surface area contributed by atoms with Gasteiger partial charge in [0, 0.05) is 4.90 Å². The Bertz CT molecular complexity index is 426. The molecule has 0 aromatic heterocycles. The van der Waals surface area contributed by atoms with E-state index in [0.29, 0.717) is 16.0 Å². The van der Waals surface area contributed by atoms with Gasteiger partial charge < -0.3 is 5.11 Å². The number of nitriles is 1. The highest BCUT2D eigenvalue weighted by molar-refractivity contribution is 7.80. The van der Waals surface area contributed by atoms with E-state index in [0.717, 1.165) is 0 Å². The van der Waals surface area contributed by atoms with Crippen molar-refractivity contribution in [3.63, 3.8) is 0 Å². The third-order valence-corrected chi connectivity index (χ3v) is 2.53. The SMILES string of the molecule is N#Cc1cc(S)c(Cl)c(CC(=O)O)c1. The summed E-state index contributed by atoms with van der Waals surface area (Å²) in [5.41, 5.74) is 0.763. The zero-order chi connectivity index (χ0) is 10.7. The molecule has 3 nitrogen and oxygen atoms in total. The second-order valence-electron chi connectivity index (χ2n) is 2.65. The van der Waals surface area contributed by atoms with Crippen molar-refractivity contribution in [1.29, 1.82) is 5.26 Å². The molecule has 72 valence electrons. The van der Waals surface area contributed by atoms with E-state index in [1.807, 2.05) is 6.07 Å². The van der Waals surface area contributed by atoms with E-state index in [2.05, 4.69) is 12.6 Å². The van der Waals surface area contributed by atoms with Crippen molar-refractivity contribution in [2.45, 2.75) is 11.3 Å². The molecule has 0 saturated carbocycles. The largest absolute Gasteiger partial charge is 0.481 e. The molecular weight excluding hydrogens is 222 g/mol. The fourth-order valence-corrected chi connectivity index (χ4v) is 1.48. The Balaban J connectivity index is 3.21. The predicted molar refractivity (Wildman–Crippen MR) is 54.8 cm³/mol. The van der Waals surface area contributed by atoms with Crippen LogP contribution in [-0.2, 0) is 11.2 Å². The monoisotopic (exact) mass is 227 g/mol. The number of nitrogens with zero attached hydrogens (tertiary/aromatic N) is 1. The van der Waals surface area contributed by atoms with Crippen LogP contribution in [0.25, 0.3) is 0 Å². The summed E-state index contributed by atoms with van der Waals surface area (Å²) in [7, 11) is 0. The summed E-state index contributed by atoms with van der Waals surface area (Å²) in [4.78, 5) is 10.9. The first-order chi connectivity index (χ1) is 6.54. The summed E-state index contributed by atoms with van der Waals surface area (Å²) in [5, 5.41) is 17.5. The smallest absolute Gasteiger partial charge is 0.307 e. The average Bonchev–Trinajstić information content (AvgIpc) is 2.11. The Kier molecular flexibility index (Phi) is 3.39. The fraction of sp³-hybridized carbons (Fsp3) is 0.111. The Hall–Kier alpha value is -1.18. The third-order valence-electron chi connectivity index (χ3n) is 1.60. The molecule has 0 bridgehead atoms. The first-order valence-electron chi connectivity index (χ1n) is 3.68. The molecule has 1 aromatic carbocycles. The number of rotatable bonds is 2. The van der Waals surface area contributed by atoms with Crippen LogP contribution in [0.2, 0.25) is 5.02 Å². The zero-order valence-electron chi connectivity index (χ0n) is 6.99. The lowest BCUT2D eigenvalue weighted by molar-refractivity contribution is -0.136. The minimum atomic E-state index is -0.991. The van der Waals surface area contributed by atoms with Crippen LogP contribution in [0, 0.1) is 11.3 Å². The molecule has 0 aliphatic rings. The van der Waals surface area contributed by atoms with E-state index in [9.17, 15) is 4.79 Å². The summed E-state index contributed by atoms with van der Waals surface area (Å²) < 4.78 is 0. The maximum absolute atomic E-state index is 10.5. The van der Waals surface area contributed by atoms with Gasteiger partial charge in [0.25, 0.3) is 0 Å². The van der Waals surface area contributed by atoms with E-state index in [-0.39, 0.29) is 11.4 Å². The van der Waals surface area contributed by atoms with Gasteiger partial charge >= 0.3 is 5.97 Å². The number of halogens is 1. The van der Waals surface area contributed by atoms with Gasteiger partial charge in [-0.05, 0) is 17.7 Å². The van der Waals surface area contributed by atoms with Gasteiger partial charge in [-0.1, -0.05) is 11.6 Å². The van der Waals surface area contributed by atoms with Crippen LogP contribution in [0.15, 0.2) is 17.0 Å². The number of carboxylic acid groups (broad SMARTS) is 1. The van der Waals surface area contributed by atoms with Crippen molar-refractivity contribution in [3.8, 4) is 6.07 Å². The van der Waals surface area contributed by atoms with Crippen molar-refractivity contribution in [2.24, 2.45) is 0 Å². The van der Waals surface area contributed by atoms with Crippen LogP contribution in [0.5, 0.6) is 0 Å². The van der Waals surface area contributed by atoms with E-state index in [4.69, 9.17) is 22.0 Å². The topological polar surface area (TPSA) is 61.1 Å². The second-order valence-corrected chi connectivity index (χ2v) is 3.51. The Labute approximate surface area is 91.3 Å². The molecule has 14 heavy (non-hydrogen) atoms. The summed E-state index contributed by atoms with van der Waals surface area (Å²) in [6.45, 7) is 0. The molecule has 5 heteroatoms. The average molecular weight is 228 g/mol. The maximum Gasteiger partial charge on any atom is 0.307 e. The molecule has 0 atom stereocenters. The van der Waals surface area contributed by atoms with E-state index in [1.54, 1.807) is 0 Å². The van der Waals surface area contributed by atoms with Crippen LogP contribution in [0.1, 0.15) is 11.1 Å². The number of carbonyl (C=O) groups is 1. The quantitative estimate of drug-likeness (QED) is 0.761. The van der Waals surface area contributed by atoms with Gasteiger partial charge in [-0.15, -0.1) is 12.6 Å². The molecule has 0 spiro atoms. The molecule has 0 amide bonds. The van der Waals surface area contributed by atoms with Gasteiger partial charge in [-0.3, -0.25) is 4.79 Å². The van der Waals surface area contributed by atoms with Gasteiger partial charge in [-0.25, -0.2) is 0 Å². The van der Waals surface area contributed by atoms with Crippen molar-refractivity contribution in [2.75, 3.05) is 0 Å². The first kappa shape index (κ1) is 10.9. The third kappa shape index (κ3) is 2.41. The number of carboxylic acids is 1. The normalized spacial score (nSPS) is 9.50. The van der Waals surface area contributed by atoms with Gasteiger partial charge in [0.15, 0.2) is 0 Å². The fourth-order valence-electron chi connectivity index (χ4n) is 1.02. The van der Waals surface area contributed by atoms with E-state index >= 15 is 0 Å². The standard InChI is InChI=1S/C9H6ClNO2S/c10-9-6(3-8(12)13)1-5(4-11)2-7(9)14/h1-2,14H,3H2,(H,12,13). The summed E-state index contributed by atoms with van der Waals surface area (Å²) in [6.07, 6.45) is -0.206. The Morgan fingerprint density at radius 3 is 2.79 bits per heavy atom. The first-order valence-corrected chi connectivity index (χ1v) is 4.50. The number of aliphatic carboxylic acids is 1. The predicted octanol–water partition coefficient (Wildman–Crippen LogP) is 2.13. The second kappa shape index (κ2) is 4.36. The molecule has 0 radical (unpaired) electrons. The Morgan fingerprint density at radius 1 is 1.64 bits per heavy atom. The highest BCUT2D eigenvalue weighted by Crippen LogP contribution is 2.26. The molecule has 0 heterocycles. The van der Waals surface area contributed by atoms with Crippen molar-refractivity contribution in [1.82, 2.24) is 0 Å². The van der Waals surface area contributed by atoms with Crippen LogP contribution in [0.4, 0.5) is 0 Å². The highest BCUT2D eigenvalue weighted by atomic mass is 35.5. The number of hydrogen-bond donors (Lipinski definition) is 2. The lowest BCUT2D eigenvalue weighted by Gasteiger charge is -2.04. The van der Waals surface area contributed by atoms with Crippen molar-refractivity contribution < 1.29 is 9.90 Å². The minimum absolute atomic E-state index is 0.206. The van der Waals surface area contributed by atoms with Crippen LogP contribution < -0.4 is 0 Å². The Morgan fingerprint density at radius 2 is 2.29 bits per heavy atom. The van der Waals surface area contributed by atoms with Crippen LogP contribution >= 0.6 is 24.2 Å². The molecule has 0 aliphatic heterocycles. The van der Waals surface area contributed by atoms with Gasteiger partial charge in [0.2, 0.25) is 0 Å². The lowest BCUT2D eigenvalue weighted by Crippen LogP contribution is -2.01. The summed E-state index contributed by atoms with van der Waals surface area (Å²) >= 11 is 9.85. The van der Waals surface area contributed by atoms with Gasteiger partial charge in [-0.2, -0.15) is 5.26 Å². The van der Waals surface area contributed by atoms with Gasteiger partial charge in [0.05, 0.1) is 23.1 Å². The minimum Gasteiger partial charge on any atom is -0.481 e. The van der Waals surface area contributed by atoms with Crippen molar-refractivity contribution >= 4 is 30.2 Å². The molecular formula is C9H6ClNO2S. The van der Waals surface area contributed by atoms with E-state index < -0.39 is 5.97 Å². The number of thiol groups is 1. The molecule has 0 unspecified atom stereocenters. The zero-order valence-corrected chi connectivity index (χ0v) is 8.64. The number of hydrogen-bond acceptors (Lipinski definition) is 3. The molecule has 1 rings (SSSR count). The summed E-state index contributed by atoms with van der Waals surface area (Å²) in [6, 6.07) is 4.86. The molecule has 1 N–H and O–H groups in total. The molecule has 0 saturated heterocycles. The molecule has 0 fully saturated rings. The molecule has 0 aliphatic carbocycles. The maximum atomic E-state index is 10.5. The van der Waals surface area contributed by atoms with Gasteiger partial charge in [0.1, 0.15) is 0 Å². The number of benzene rings is 1. The van der Waals surface area contributed by atoms with E-state index in [1.165, 1.54) is 12.1 Å².